The Kier molecular flexibility index (Phi) is 6.97. The van der Waals surface area contributed by atoms with Crippen molar-refractivity contribution in [3.8, 4) is 0 Å². The highest BCUT2D eigenvalue weighted by atomic mass is 16.1. The van der Waals surface area contributed by atoms with E-state index in [0.29, 0.717) is 11.1 Å². The van der Waals surface area contributed by atoms with Crippen LogP contribution in [0.3, 0.4) is 0 Å². The second-order valence-corrected chi connectivity index (χ2v) is 8.88. The van der Waals surface area contributed by atoms with E-state index >= 15 is 0 Å². The minimum absolute atomic E-state index is 0.130. The van der Waals surface area contributed by atoms with Crippen LogP contribution in [-0.4, -0.2) is 55.1 Å². The maximum absolute atomic E-state index is 11.7. The third-order valence-electron chi connectivity index (χ3n) is 7.65. The molecule has 1 aliphatic carbocycles. The number of amides is 1. The molecule has 2 aliphatic rings. The number of rotatable bonds is 6. The molecule has 2 heterocycles. The van der Waals surface area contributed by atoms with Gasteiger partial charge in [0.25, 0.3) is 5.91 Å². The van der Waals surface area contributed by atoms with E-state index in [1.165, 1.54) is 38.5 Å². The molecular weight excluding hydrogens is 348 g/mol. The minimum Gasteiger partial charge on any atom is -0.368 e. The van der Waals surface area contributed by atoms with Gasteiger partial charge in [-0.15, -0.1) is 0 Å². The maximum atomic E-state index is 11.7. The van der Waals surface area contributed by atoms with Gasteiger partial charge in [0.2, 0.25) is 0 Å². The molecule has 0 radical (unpaired) electrons. The van der Waals surface area contributed by atoms with Gasteiger partial charge in [0, 0.05) is 39.3 Å². The highest BCUT2D eigenvalue weighted by molar-refractivity contribution is 5.92. The number of piperazine rings is 1. The van der Waals surface area contributed by atoms with Crippen LogP contribution in [0.5, 0.6) is 0 Å². The molecule has 0 spiro atoms. The topological polar surface area (TPSA) is 48.5 Å². The van der Waals surface area contributed by atoms with Gasteiger partial charge in [-0.2, -0.15) is 0 Å². The molecule has 1 saturated heterocycles. The summed E-state index contributed by atoms with van der Waals surface area (Å²) in [6, 6.07) is 4.60. The predicted molar refractivity (Wildman–Crippen MR) is 116 cm³/mol. The highest BCUT2D eigenvalue weighted by Gasteiger charge is 2.37. The lowest BCUT2D eigenvalue weighted by atomic mass is 9.66. The molecule has 1 saturated carbocycles. The average Bonchev–Trinajstić information content (AvgIpc) is 2.78. The minimum atomic E-state index is -0.130. The van der Waals surface area contributed by atoms with Gasteiger partial charge in [0.05, 0.1) is 11.9 Å². The number of aromatic nitrogens is 1. The Labute approximate surface area is 170 Å². The van der Waals surface area contributed by atoms with Crippen molar-refractivity contribution in [3.63, 3.8) is 0 Å². The first-order valence-corrected chi connectivity index (χ1v) is 11.2. The molecule has 1 aromatic rings. The smallest absolute Gasteiger partial charge is 0.269 e. The van der Waals surface area contributed by atoms with Gasteiger partial charge in [0.1, 0.15) is 5.69 Å². The van der Waals surface area contributed by atoms with Crippen molar-refractivity contribution in [2.75, 3.05) is 38.1 Å². The van der Waals surface area contributed by atoms with Gasteiger partial charge >= 0.3 is 0 Å². The van der Waals surface area contributed by atoms with E-state index < -0.39 is 0 Å². The quantitative estimate of drug-likeness (QED) is 0.804. The second-order valence-electron chi connectivity index (χ2n) is 8.88. The zero-order chi connectivity index (χ0) is 20.1. The van der Waals surface area contributed by atoms with Crippen molar-refractivity contribution < 1.29 is 4.79 Å². The molecular formula is C23H38N4O. The third kappa shape index (κ3) is 4.51. The van der Waals surface area contributed by atoms with E-state index in [-0.39, 0.29) is 5.91 Å². The summed E-state index contributed by atoms with van der Waals surface area (Å²) in [6.45, 7) is 11.6. The van der Waals surface area contributed by atoms with E-state index in [2.05, 4.69) is 40.9 Å². The molecule has 1 aromatic heterocycles. The molecule has 1 N–H and O–H groups in total. The molecule has 5 heteroatoms. The lowest BCUT2D eigenvalue weighted by Crippen LogP contribution is -2.52. The first-order valence-electron chi connectivity index (χ1n) is 11.2. The summed E-state index contributed by atoms with van der Waals surface area (Å²) in [5.74, 6) is 0.745. The van der Waals surface area contributed by atoms with Crippen molar-refractivity contribution in [3.05, 3.63) is 24.0 Å². The van der Waals surface area contributed by atoms with Crippen LogP contribution in [0.15, 0.2) is 18.3 Å². The van der Waals surface area contributed by atoms with Crippen LogP contribution < -0.4 is 10.2 Å². The number of nitrogens with zero attached hydrogens (tertiary/aromatic N) is 3. The van der Waals surface area contributed by atoms with E-state index in [9.17, 15) is 4.79 Å². The standard InChI is InChI=1S/C23H38N4O/c1-5-23(3,6-2)18-8-7-9-19(16-18)26-12-14-27(15-13-26)20-10-11-21(25-17-20)22(28)24-4/h10-11,17-19H,5-9,12-16H2,1-4H3,(H,24,28). The first-order chi connectivity index (χ1) is 13.5. The number of nitrogens with one attached hydrogen (secondary N) is 1. The number of hydrogen-bond acceptors (Lipinski definition) is 4. The fourth-order valence-electron chi connectivity index (χ4n) is 5.14. The predicted octanol–water partition coefficient (Wildman–Crippen LogP) is 3.95. The summed E-state index contributed by atoms with van der Waals surface area (Å²) < 4.78 is 0. The zero-order valence-corrected chi connectivity index (χ0v) is 18.2. The van der Waals surface area contributed by atoms with Gasteiger partial charge in [-0.25, -0.2) is 4.98 Å². The van der Waals surface area contributed by atoms with Crippen LogP contribution in [0.1, 0.15) is 69.8 Å². The van der Waals surface area contributed by atoms with Crippen LogP contribution >= 0.6 is 0 Å². The van der Waals surface area contributed by atoms with Crippen molar-refractivity contribution >= 4 is 11.6 Å². The molecule has 1 aliphatic heterocycles. The number of carbonyl (C=O) groups is 1. The van der Waals surface area contributed by atoms with Crippen LogP contribution in [0, 0.1) is 11.3 Å². The largest absolute Gasteiger partial charge is 0.368 e. The van der Waals surface area contributed by atoms with Crippen LogP contribution in [0.25, 0.3) is 0 Å². The number of hydrogen-bond donors (Lipinski definition) is 1. The molecule has 3 rings (SSSR count). The van der Waals surface area contributed by atoms with Gasteiger partial charge < -0.3 is 10.2 Å². The Hall–Kier alpha value is -1.62. The third-order valence-corrected chi connectivity index (χ3v) is 7.65. The fraction of sp³-hybridized carbons (Fsp3) is 0.739. The Bertz CT molecular complexity index is 633. The Morgan fingerprint density at radius 1 is 1.18 bits per heavy atom. The summed E-state index contributed by atoms with van der Waals surface area (Å²) in [5.41, 5.74) is 2.12. The van der Waals surface area contributed by atoms with E-state index in [0.717, 1.165) is 43.8 Å². The molecule has 0 bridgehead atoms. The van der Waals surface area contributed by atoms with Gasteiger partial charge in [-0.1, -0.05) is 40.0 Å². The first kappa shape index (κ1) is 21.1. The van der Waals surface area contributed by atoms with Crippen molar-refractivity contribution in [2.45, 2.75) is 65.3 Å². The second kappa shape index (κ2) is 9.25. The van der Waals surface area contributed by atoms with Crippen LogP contribution in [0.2, 0.25) is 0 Å². The lowest BCUT2D eigenvalue weighted by molar-refractivity contribution is 0.0579. The molecule has 2 fully saturated rings. The number of pyridine rings is 1. The Balaban J connectivity index is 1.55. The molecule has 1 amide bonds. The zero-order valence-electron chi connectivity index (χ0n) is 18.2. The fourth-order valence-corrected chi connectivity index (χ4v) is 5.14. The lowest BCUT2D eigenvalue weighted by Gasteiger charge is -2.47. The summed E-state index contributed by atoms with van der Waals surface area (Å²) in [6.07, 6.45) is 9.98. The van der Waals surface area contributed by atoms with Gasteiger partial charge in [-0.3, -0.25) is 9.69 Å². The normalized spacial score (nSPS) is 24.2. The van der Waals surface area contributed by atoms with Crippen LogP contribution in [-0.2, 0) is 0 Å². The van der Waals surface area contributed by atoms with Crippen molar-refractivity contribution in [1.29, 1.82) is 0 Å². The Morgan fingerprint density at radius 3 is 2.46 bits per heavy atom. The average molecular weight is 387 g/mol. The van der Waals surface area contributed by atoms with Crippen molar-refractivity contribution in [1.82, 2.24) is 15.2 Å². The van der Waals surface area contributed by atoms with Crippen molar-refractivity contribution in [2.24, 2.45) is 11.3 Å². The molecule has 156 valence electrons. The molecule has 2 atom stereocenters. The van der Waals surface area contributed by atoms with E-state index in [4.69, 9.17) is 0 Å². The SMILES string of the molecule is CCC(C)(CC)C1CCCC(N2CCN(c3ccc(C(=O)NC)nc3)CC2)C1. The molecule has 28 heavy (non-hydrogen) atoms. The van der Waals surface area contributed by atoms with Crippen LogP contribution in [0.4, 0.5) is 5.69 Å². The Morgan fingerprint density at radius 2 is 1.89 bits per heavy atom. The summed E-state index contributed by atoms with van der Waals surface area (Å²) in [7, 11) is 1.64. The molecule has 2 unspecified atom stereocenters. The summed E-state index contributed by atoms with van der Waals surface area (Å²) in [4.78, 5) is 21.1. The van der Waals surface area contributed by atoms with Gasteiger partial charge in [0.15, 0.2) is 0 Å². The van der Waals surface area contributed by atoms with Gasteiger partial charge in [-0.05, 0) is 42.7 Å². The summed E-state index contributed by atoms with van der Waals surface area (Å²) >= 11 is 0. The number of anilines is 1. The van der Waals surface area contributed by atoms with E-state index in [1.54, 1.807) is 7.05 Å². The summed E-state index contributed by atoms with van der Waals surface area (Å²) in [5, 5.41) is 2.62. The molecule has 5 nitrogen and oxygen atoms in total. The number of carbonyl (C=O) groups excluding carboxylic acids is 1. The monoisotopic (exact) mass is 386 g/mol. The maximum Gasteiger partial charge on any atom is 0.269 e. The van der Waals surface area contributed by atoms with E-state index in [1.807, 2.05) is 18.3 Å². The highest BCUT2D eigenvalue weighted by Crippen LogP contribution is 2.44. The molecule has 0 aromatic carbocycles.